The third-order valence-corrected chi connectivity index (χ3v) is 6.21. The maximum atomic E-state index is 13.6. The number of halogens is 1. The molecule has 2 aliphatic rings. The summed E-state index contributed by atoms with van der Waals surface area (Å²) in [6.45, 7) is 0. The van der Waals surface area contributed by atoms with Crippen LogP contribution >= 0.6 is 0 Å². The van der Waals surface area contributed by atoms with E-state index in [2.05, 4.69) is 15.4 Å². The Labute approximate surface area is 190 Å². The van der Waals surface area contributed by atoms with Gasteiger partial charge in [0.2, 0.25) is 11.7 Å². The minimum atomic E-state index is -0.465. The molecule has 0 fully saturated rings. The van der Waals surface area contributed by atoms with E-state index in [4.69, 9.17) is 14.2 Å². The molecule has 2 heterocycles. The number of benzene rings is 2. The van der Waals surface area contributed by atoms with E-state index in [1.807, 2.05) is 12.1 Å². The van der Waals surface area contributed by atoms with E-state index in [9.17, 15) is 9.18 Å². The Morgan fingerprint density at radius 1 is 1.00 bits per heavy atom. The molecule has 8 nitrogen and oxygen atoms in total. The third kappa shape index (κ3) is 3.49. The largest absolute Gasteiger partial charge is 0.493 e. The van der Waals surface area contributed by atoms with Gasteiger partial charge < -0.3 is 19.5 Å². The molecule has 0 saturated heterocycles. The lowest BCUT2D eigenvalue weighted by Gasteiger charge is -2.35. The molecule has 5 rings (SSSR count). The summed E-state index contributed by atoms with van der Waals surface area (Å²) in [5.74, 6) is 1.70. The Bertz CT molecular complexity index is 1230. The second-order valence-corrected chi connectivity index (χ2v) is 7.99. The first kappa shape index (κ1) is 21.0. The first-order valence-corrected chi connectivity index (χ1v) is 10.5. The first-order valence-electron chi connectivity index (χ1n) is 10.5. The quantitative estimate of drug-likeness (QED) is 0.632. The molecule has 0 radical (unpaired) electrons. The van der Waals surface area contributed by atoms with Gasteiger partial charge in [0.15, 0.2) is 17.3 Å². The second-order valence-electron chi connectivity index (χ2n) is 7.99. The minimum absolute atomic E-state index is 0.00187. The van der Waals surface area contributed by atoms with Crippen LogP contribution in [-0.2, 0) is 4.79 Å². The number of fused-ring (bicyclic) bond motifs is 1. The van der Waals surface area contributed by atoms with Gasteiger partial charge in [-0.2, -0.15) is 10.1 Å². The fraction of sp³-hybridized carbons (Fsp3) is 0.292. The van der Waals surface area contributed by atoms with Gasteiger partial charge in [-0.15, -0.1) is 0 Å². The van der Waals surface area contributed by atoms with E-state index in [-0.39, 0.29) is 17.5 Å². The molecule has 1 aliphatic heterocycles. The van der Waals surface area contributed by atoms with Crippen LogP contribution in [0, 0.1) is 5.82 Å². The van der Waals surface area contributed by atoms with Crippen LogP contribution in [0.1, 0.15) is 35.9 Å². The van der Waals surface area contributed by atoms with Crippen LogP contribution in [0.25, 0.3) is 0 Å². The zero-order valence-electron chi connectivity index (χ0n) is 18.5. The van der Waals surface area contributed by atoms with E-state index in [0.29, 0.717) is 41.6 Å². The Hall–Kier alpha value is -3.88. The standard InChI is InChI=1S/C24H23FN4O4/c1-31-19-10-15(11-20(32-2)23(19)33-3)14-8-17-21(18(30)9-14)22(13-4-6-16(25)7-5-13)29-24(28-17)26-12-27-29/h4-7,10-12,14,22H,8-9H2,1-3H3,(H,26,27,28)/t14-,22+/m1/s1. The van der Waals surface area contributed by atoms with Gasteiger partial charge in [0.1, 0.15) is 18.2 Å². The highest BCUT2D eigenvalue weighted by Gasteiger charge is 2.39. The molecule has 1 N–H and O–H groups in total. The molecule has 2 aromatic carbocycles. The summed E-state index contributed by atoms with van der Waals surface area (Å²) in [7, 11) is 4.69. The number of carbonyl (C=O) groups is 1. The minimum Gasteiger partial charge on any atom is -0.493 e. The van der Waals surface area contributed by atoms with Gasteiger partial charge in [0.05, 0.1) is 21.3 Å². The molecule has 1 aliphatic carbocycles. The molecular weight excluding hydrogens is 427 g/mol. The van der Waals surface area contributed by atoms with Crippen LogP contribution in [0.5, 0.6) is 17.2 Å². The molecule has 3 aromatic rings. The van der Waals surface area contributed by atoms with Crippen molar-refractivity contribution >= 4 is 11.7 Å². The number of Topliss-reactive ketones (excluding diaryl/α,β-unsaturated/α-hetero) is 1. The van der Waals surface area contributed by atoms with Crippen molar-refractivity contribution in [2.24, 2.45) is 0 Å². The van der Waals surface area contributed by atoms with Crippen molar-refractivity contribution in [3.05, 3.63) is 70.9 Å². The highest BCUT2D eigenvalue weighted by Crippen LogP contribution is 2.46. The van der Waals surface area contributed by atoms with E-state index in [1.165, 1.54) is 18.5 Å². The lowest BCUT2D eigenvalue weighted by atomic mass is 9.77. The first-order chi connectivity index (χ1) is 16.0. The van der Waals surface area contributed by atoms with Gasteiger partial charge in [0, 0.05) is 17.7 Å². The van der Waals surface area contributed by atoms with Crippen LogP contribution in [0.15, 0.2) is 54.0 Å². The van der Waals surface area contributed by atoms with E-state index >= 15 is 0 Å². The lowest BCUT2D eigenvalue weighted by molar-refractivity contribution is -0.116. The molecule has 0 bridgehead atoms. The Morgan fingerprint density at radius 2 is 1.70 bits per heavy atom. The van der Waals surface area contributed by atoms with Crippen LogP contribution in [0.3, 0.4) is 0 Å². The number of allylic oxidation sites excluding steroid dienone is 2. The number of ketones is 1. The van der Waals surface area contributed by atoms with Crippen molar-refractivity contribution in [1.82, 2.24) is 14.8 Å². The molecule has 0 amide bonds. The molecule has 1 aromatic heterocycles. The zero-order chi connectivity index (χ0) is 23.1. The van der Waals surface area contributed by atoms with Crippen LogP contribution in [-0.4, -0.2) is 41.9 Å². The number of rotatable bonds is 5. The number of nitrogens with zero attached hydrogens (tertiary/aromatic N) is 3. The molecule has 2 atom stereocenters. The summed E-state index contributed by atoms with van der Waals surface area (Å²) >= 11 is 0. The van der Waals surface area contributed by atoms with Crippen LogP contribution in [0.4, 0.5) is 10.3 Å². The van der Waals surface area contributed by atoms with E-state index < -0.39 is 6.04 Å². The van der Waals surface area contributed by atoms with Gasteiger partial charge in [-0.25, -0.2) is 9.07 Å². The van der Waals surface area contributed by atoms with Gasteiger partial charge in [-0.3, -0.25) is 4.79 Å². The Balaban J connectivity index is 1.57. The Kier molecular flexibility index (Phi) is 5.24. The smallest absolute Gasteiger partial charge is 0.226 e. The normalized spacial score (nSPS) is 19.5. The fourth-order valence-corrected chi connectivity index (χ4v) is 4.68. The predicted octanol–water partition coefficient (Wildman–Crippen LogP) is 3.86. The van der Waals surface area contributed by atoms with Crippen LogP contribution < -0.4 is 19.5 Å². The Morgan fingerprint density at radius 3 is 2.33 bits per heavy atom. The molecule has 0 spiro atoms. The number of aromatic nitrogens is 3. The number of carbonyl (C=O) groups excluding carboxylic acids is 1. The SMILES string of the molecule is COc1cc([C@H]2CC(=O)C3=C(C2)Nc2ncnn2[C@H]3c2ccc(F)cc2)cc(OC)c1OC. The van der Waals surface area contributed by atoms with Gasteiger partial charge >= 0.3 is 0 Å². The molecule has 170 valence electrons. The number of hydrogen-bond donors (Lipinski definition) is 1. The maximum Gasteiger partial charge on any atom is 0.226 e. The van der Waals surface area contributed by atoms with Crippen molar-refractivity contribution in [2.45, 2.75) is 24.8 Å². The topological polar surface area (TPSA) is 87.5 Å². The van der Waals surface area contributed by atoms with Crippen molar-refractivity contribution in [3.8, 4) is 17.2 Å². The summed E-state index contributed by atoms with van der Waals surface area (Å²) in [6.07, 6.45) is 2.34. The van der Waals surface area contributed by atoms with Crippen molar-refractivity contribution in [2.75, 3.05) is 26.6 Å². The second kappa shape index (κ2) is 8.23. The summed E-state index contributed by atoms with van der Waals surface area (Å²) in [4.78, 5) is 17.8. The van der Waals surface area contributed by atoms with Gasteiger partial charge in [-0.05, 0) is 47.7 Å². The molecule has 0 saturated carbocycles. The molecule has 0 unspecified atom stereocenters. The highest BCUT2D eigenvalue weighted by molar-refractivity contribution is 6.00. The monoisotopic (exact) mass is 450 g/mol. The number of methoxy groups -OCH3 is 3. The summed E-state index contributed by atoms with van der Waals surface area (Å²) < 4.78 is 31.6. The third-order valence-electron chi connectivity index (χ3n) is 6.21. The average molecular weight is 450 g/mol. The number of hydrogen-bond acceptors (Lipinski definition) is 7. The lowest BCUT2D eigenvalue weighted by Crippen LogP contribution is -2.33. The summed E-state index contributed by atoms with van der Waals surface area (Å²) in [6, 6.07) is 9.44. The van der Waals surface area contributed by atoms with E-state index in [0.717, 1.165) is 16.8 Å². The number of ether oxygens (including phenoxy) is 3. The number of anilines is 1. The highest BCUT2D eigenvalue weighted by atomic mass is 19.1. The molecular formula is C24H23FN4O4. The summed E-state index contributed by atoms with van der Waals surface area (Å²) in [5, 5.41) is 7.61. The average Bonchev–Trinajstić information content (AvgIpc) is 3.30. The van der Waals surface area contributed by atoms with Crippen molar-refractivity contribution in [1.29, 1.82) is 0 Å². The van der Waals surface area contributed by atoms with Gasteiger partial charge in [0.25, 0.3) is 0 Å². The molecule has 9 heteroatoms. The van der Waals surface area contributed by atoms with Crippen molar-refractivity contribution in [3.63, 3.8) is 0 Å². The molecule has 33 heavy (non-hydrogen) atoms. The summed E-state index contributed by atoms with van der Waals surface area (Å²) in [5.41, 5.74) is 3.11. The van der Waals surface area contributed by atoms with E-state index in [1.54, 1.807) is 38.1 Å². The van der Waals surface area contributed by atoms with Crippen molar-refractivity contribution < 1.29 is 23.4 Å². The maximum absolute atomic E-state index is 13.6. The van der Waals surface area contributed by atoms with Gasteiger partial charge in [-0.1, -0.05) is 12.1 Å². The van der Waals surface area contributed by atoms with Crippen LogP contribution in [0.2, 0.25) is 0 Å². The predicted molar refractivity (Wildman–Crippen MR) is 118 cm³/mol. The fourth-order valence-electron chi connectivity index (χ4n) is 4.68. The number of nitrogens with one attached hydrogen (secondary N) is 1. The zero-order valence-corrected chi connectivity index (χ0v) is 18.5.